The van der Waals surface area contributed by atoms with E-state index in [0.29, 0.717) is 24.6 Å². The monoisotopic (exact) mass is 460 g/mol. The zero-order valence-electron chi connectivity index (χ0n) is 19.2. The number of rotatable bonds is 8. The van der Waals surface area contributed by atoms with E-state index in [1.54, 1.807) is 5.23 Å². The normalized spacial score (nSPS) is 14.9. The molecule has 0 radical (unpaired) electrons. The standard InChI is InChI=1S/C23H28N10O/c1-3-25-32-15-24-23-27-22(34)18(14-31(23)32)13-16-9-11-17(12-10-16)19-7-5-6-8-20(19)21-28-30-33(29-21)26-4-2/h5-12,14,25-26,30H,3-4,13,15H2,1-2H3,(H,28,29)(H,24,27,34). The SMILES string of the molecule is CCNN1NN=C(c2ccccc2-c2ccc(Cc3cn4c(nc3=O)NCN4NCC)cc2)N1. The summed E-state index contributed by atoms with van der Waals surface area (Å²) in [4.78, 5) is 16.8. The number of hydrazone groups is 1. The summed E-state index contributed by atoms with van der Waals surface area (Å²) < 4.78 is 1.85. The third-order valence-corrected chi connectivity index (χ3v) is 5.60. The van der Waals surface area contributed by atoms with E-state index in [2.05, 4.69) is 67.5 Å². The van der Waals surface area contributed by atoms with E-state index in [4.69, 9.17) is 0 Å². The first kappa shape index (κ1) is 21.9. The molecule has 2 aliphatic heterocycles. The molecule has 176 valence electrons. The van der Waals surface area contributed by atoms with E-state index in [1.807, 2.05) is 48.0 Å². The second kappa shape index (κ2) is 9.51. The van der Waals surface area contributed by atoms with Crippen LogP contribution in [0.1, 0.15) is 30.5 Å². The van der Waals surface area contributed by atoms with Gasteiger partial charge in [-0.2, -0.15) is 4.98 Å². The Morgan fingerprint density at radius 2 is 1.76 bits per heavy atom. The molecule has 5 N–H and O–H groups in total. The van der Waals surface area contributed by atoms with Crippen LogP contribution in [0.25, 0.3) is 11.1 Å². The van der Waals surface area contributed by atoms with Gasteiger partial charge in [-0.15, -0.1) is 5.10 Å². The van der Waals surface area contributed by atoms with Crippen molar-refractivity contribution >= 4 is 11.8 Å². The number of nitrogens with one attached hydrogen (secondary N) is 5. The Morgan fingerprint density at radius 1 is 1.00 bits per heavy atom. The number of benzene rings is 2. The van der Waals surface area contributed by atoms with Crippen LogP contribution in [-0.4, -0.2) is 40.5 Å². The molecule has 2 aromatic carbocycles. The molecule has 11 nitrogen and oxygen atoms in total. The first-order valence-corrected chi connectivity index (χ1v) is 11.4. The first-order chi connectivity index (χ1) is 16.7. The molecule has 1 aromatic heterocycles. The van der Waals surface area contributed by atoms with Crippen molar-refractivity contribution in [3.8, 4) is 11.1 Å². The second-order valence-corrected chi connectivity index (χ2v) is 7.92. The first-order valence-electron chi connectivity index (χ1n) is 11.4. The Bertz CT molecular complexity index is 1250. The van der Waals surface area contributed by atoms with Gasteiger partial charge in [-0.05, 0) is 21.9 Å². The molecule has 0 unspecified atom stereocenters. The predicted octanol–water partition coefficient (Wildman–Crippen LogP) is 0.858. The van der Waals surface area contributed by atoms with Gasteiger partial charge in [0.2, 0.25) is 5.95 Å². The van der Waals surface area contributed by atoms with Crippen LogP contribution in [0.4, 0.5) is 5.95 Å². The van der Waals surface area contributed by atoms with Crippen molar-refractivity contribution in [2.45, 2.75) is 20.3 Å². The molecule has 3 aromatic rings. The van der Waals surface area contributed by atoms with Gasteiger partial charge in [-0.1, -0.05) is 62.4 Å². The Morgan fingerprint density at radius 3 is 2.53 bits per heavy atom. The van der Waals surface area contributed by atoms with Crippen LogP contribution >= 0.6 is 0 Å². The number of fused-ring (bicyclic) bond motifs is 1. The van der Waals surface area contributed by atoms with Crippen LogP contribution < -0.4 is 37.8 Å². The lowest BCUT2D eigenvalue weighted by Gasteiger charge is -2.20. The number of amidine groups is 1. The van der Waals surface area contributed by atoms with Crippen molar-refractivity contribution in [1.82, 2.24) is 36.7 Å². The fourth-order valence-corrected chi connectivity index (χ4v) is 4.02. The summed E-state index contributed by atoms with van der Waals surface area (Å²) in [5.74, 6) is 1.28. The molecule has 0 atom stereocenters. The third kappa shape index (κ3) is 4.31. The molecular weight excluding hydrogens is 432 g/mol. The van der Waals surface area contributed by atoms with Crippen LogP contribution in [-0.2, 0) is 6.42 Å². The van der Waals surface area contributed by atoms with Gasteiger partial charge < -0.3 is 5.32 Å². The molecule has 34 heavy (non-hydrogen) atoms. The van der Waals surface area contributed by atoms with Crippen LogP contribution in [0.5, 0.6) is 0 Å². The van der Waals surface area contributed by atoms with Gasteiger partial charge in [0.25, 0.3) is 5.56 Å². The van der Waals surface area contributed by atoms with Crippen molar-refractivity contribution in [1.29, 1.82) is 0 Å². The molecule has 0 bridgehead atoms. The molecule has 0 fully saturated rings. The summed E-state index contributed by atoms with van der Waals surface area (Å²) in [6, 6.07) is 16.4. The minimum atomic E-state index is -0.213. The highest BCUT2D eigenvalue weighted by molar-refractivity contribution is 6.04. The Hall–Kier alpha value is -3.93. The number of hydrogen-bond acceptors (Lipinski definition) is 10. The average molecular weight is 461 g/mol. The molecule has 3 heterocycles. The van der Waals surface area contributed by atoms with Crippen molar-refractivity contribution in [2.75, 3.05) is 30.2 Å². The van der Waals surface area contributed by atoms with Crippen molar-refractivity contribution in [3.05, 3.63) is 81.8 Å². The van der Waals surface area contributed by atoms with E-state index >= 15 is 0 Å². The van der Waals surface area contributed by atoms with Crippen molar-refractivity contribution in [2.24, 2.45) is 5.10 Å². The van der Waals surface area contributed by atoms with E-state index in [0.717, 1.165) is 41.2 Å². The van der Waals surface area contributed by atoms with E-state index in [-0.39, 0.29) is 5.56 Å². The smallest absolute Gasteiger partial charge is 0.278 e. The van der Waals surface area contributed by atoms with Crippen molar-refractivity contribution in [3.63, 3.8) is 0 Å². The van der Waals surface area contributed by atoms with Crippen LogP contribution in [0, 0.1) is 0 Å². The summed E-state index contributed by atoms with van der Waals surface area (Å²) in [5, 5.41) is 11.0. The highest BCUT2D eigenvalue weighted by Gasteiger charge is 2.20. The minimum absolute atomic E-state index is 0.213. The Kier molecular flexibility index (Phi) is 6.12. The number of nitrogens with zero attached hydrogens (tertiary/aromatic N) is 5. The molecule has 2 aliphatic rings. The fourth-order valence-electron chi connectivity index (χ4n) is 4.02. The van der Waals surface area contributed by atoms with Crippen molar-refractivity contribution < 1.29 is 0 Å². The molecule has 5 rings (SSSR count). The fraction of sp³-hybridized carbons (Fsp3) is 0.261. The van der Waals surface area contributed by atoms with Crippen LogP contribution in [0.3, 0.4) is 0 Å². The van der Waals surface area contributed by atoms with Gasteiger partial charge in [0, 0.05) is 36.8 Å². The highest BCUT2D eigenvalue weighted by Crippen LogP contribution is 2.25. The highest BCUT2D eigenvalue weighted by atomic mass is 16.1. The lowest BCUT2D eigenvalue weighted by Crippen LogP contribution is -2.51. The maximum absolute atomic E-state index is 12.6. The molecule has 0 saturated heterocycles. The number of aromatic nitrogens is 2. The molecule has 0 spiro atoms. The summed E-state index contributed by atoms with van der Waals surface area (Å²) in [7, 11) is 0. The van der Waals surface area contributed by atoms with Gasteiger partial charge >= 0.3 is 0 Å². The minimum Gasteiger partial charge on any atom is -0.334 e. The largest absolute Gasteiger partial charge is 0.334 e. The molecule has 0 amide bonds. The average Bonchev–Trinajstić information content (AvgIpc) is 3.48. The zero-order chi connectivity index (χ0) is 23.5. The van der Waals surface area contributed by atoms with Gasteiger partial charge in [0.15, 0.2) is 5.84 Å². The molecule has 0 aliphatic carbocycles. The molecular formula is C23H28N10O. The number of hydrazine groups is 4. The van der Waals surface area contributed by atoms with Crippen LogP contribution in [0.2, 0.25) is 0 Å². The van der Waals surface area contributed by atoms with Gasteiger partial charge in [0.1, 0.15) is 6.67 Å². The molecule has 11 heteroatoms. The topological polar surface area (TPSA) is 114 Å². The Labute approximate surface area is 197 Å². The quantitative estimate of drug-likeness (QED) is 0.334. The van der Waals surface area contributed by atoms with E-state index < -0.39 is 0 Å². The number of hydrogen-bond donors (Lipinski definition) is 5. The third-order valence-electron chi connectivity index (χ3n) is 5.60. The lowest BCUT2D eigenvalue weighted by molar-refractivity contribution is 0.106. The van der Waals surface area contributed by atoms with Gasteiger partial charge in [-0.3, -0.25) is 10.2 Å². The summed E-state index contributed by atoms with van der Waals surface area (Å²) >= 11 is 0. The van der Waals surface area contributed by atoms with Gasteiger partial charge in [0.05, 0.1) is 0 Å². The predicted molar refractivity (Wildman–Crippen MR) is 132 cm³/mol. The summed E-state index contributed by atoms with van der Waals surface area (Å²) in [5.41, 5.74) is 17.0. The second-order valence-electron chi connectivity index (χ2n) is 7.92. The maximum Gasteiger partial charge on any atom is 0.278 e. The van der Waals surface area contributed by atoms with Gasteiger partial charge in [-0.25, -0.2) is 26.2 Å². The summed E-state index contributed by atoms with van der Waals surface area (Å²) in [6.45, 7) is 6.13. The van der Waals surface area contributed by atoms with E-state index in [9.17, 15) is 4.79 Å². The van der Waals surface area contributed by atoms with Crippen LogP contribution in [0.15, 0.2) is 64.6 Å². The Balaban J connectivity index is 1.36. The van der Waals surface area contributed by atoms with E-state index in [1.165, 1.54) is 0 Å². The summed E-state index contributed by atoms with van der Waals surface area (Å²) in [6.07, 6.45) is 2.35. The maximum atomic E-state index is 12.6. The molecule has 0 saturated carbocycles. The zero-order valence-corrected chi connectivity index (χ0v) is 19.2. The lowest BCUT2D eigenvalue weighted by atomic mass is 9.97. The number of anilines is 1.